The summed E-state index contributed by atoms with van der Waals surface area (Å²) in [7, 11) is 0. The maximum atomic E-state index is 12.6. The van der Waals surface area contributed by atoms with Crippen molar-refractivity contribution in [3.05, 3.63) is 35.9 Å². The molecule has 2 amide bonds. The predicted molar refractivity (Wildman–Crippen MR) is 103 cm³/mol. The highest BCUT2D eigenvalue weighted by molar-refractivity contribution is 5.83. The van der Waals surface area contributed by atoms with Gasteiger partial charge in [0.25, 0.3) is 0 Å². The molecule has 0 radical (unpaired) electrons. The van der Waals surface area contributed by atoms with E-state index in [4.69, 9.17) is 0 Å². The first-order chi connectivity index (χ1) is 12.9. The van der Waals surface area contributed by atoms with Crippen molar-refractivity contribution < 1.29 is 19.5 Å². The minimum atomic E-state index is -0.923. The summed E-state index contributed by atoms with van der Waals surface area (Å²) >= 11 is 0. The van der Waals surface area contributed by atoms with Gasteiger partial charge in [0.2, 0.25) is 11.8 Å². The van der Waals surface area contributed by atoms with Gasteiger partial charge in [-0.05, 0) is 31.2 Å². The predicted octanol–water partition coefficient (Wildman–Crippen LogP) is 2.47. The van der Waals surface area contributed by atoms with Gasteiger partial charge in [-0.1, -0.05) is 44.2 Å². The Kier molecular flexibility index (Phi) is 7.39. The van der Waals surface area contributed by atoms with E-state index in [1.165, 1.54) is 0 Å². The fourth-order valence-electron chi connectivity index (χ4n) is 3.58. The van der Waals surface area contributed by atoms with E-state index in [-0.39, 0.29) is 24.3 Å². The zero-order valence-corrected chi connectivity index (χ0v) is 16.2. The fourth-order valence-corrected chi connectivity index (χ4v) is 3.58. The van der Waals surface area contributed by atoms with Gasteiger partial charge >= 0.3 is 5.97 Å². The molecule has 1 aromatic carbocycles. The third-order valence-electron chi connectivity index (χ3n) is 5.75. The van der Waals surface area contributed by atoms with Crippen LogP contribution in [-0.4, -0.2) is 47.4 Å². The first-order valence-electron chi connectivity index (χ1n) is 9.74. The number of amides is 2. The monoisotopic (exact) mass is 374 g/mol. The number of piperidine rings is 1. The van der Waals surface area contributed by atoms with E-state index in [9.17, 15) is 19.5 Å². The Bertz CT molecular complexity index is 655. The average molecular weight is 374 g/mol. The summed E-state index contributed by atoms with van der Waals surface area (Å²) in [5, 5.41) is 12.3. The quantitative estimate of drug-likeness (QED) is 0.732. The van der Waals surface area contributed by atoms with E-state index in [2.05, 4.69) is 5.32 Å². The molecule has 1 unspecified atom stereocenters. The van der Waals surface area contributed by atoms with E-state index < -0.39 is 11.4 Å². The van der Waals surface area contributed by atoms with Gasteiger partial charge in [0, 0.05) is 19.6 Å². The summed E-state index contributed by atoms with van der Waals surface area (Å²) in [6, 6.07) is 9.58. The zero-order chi connectivity index (χ0) is 19.9. The lowest BCUT2D eigenvalue weighted by Gasteiger charge is -2.33. The van der Waals surface area contributed by atoms with Gasteiger partial charge in [-0.3, -0.25) is 14.4 Å². The number of nitrogens with zero attached hydrogens (tertiary/aromatic N) is 1. The van der Waals surface area contributed by atoms with Crippen molar-refractivity contribution in [2.45, 2.75) is 46.0 Å². The molecular formula is C21H30N2O4. The molecular weight excluding hydrogens is 344 g/mol. The van der Waals surface area contributed by atoms with E-state index in [0.717, 1.165) is 18.4 Å². The summed E-state index contributed by atoms with van der Waals surface area (Å²) in [4.78, 5) is 38.5. The van der Waals surface area contributed by atoms with Crippen LogP contribution in [0.3, 0.4) is 0 Å². The Morgan fingerprint density at radius 2 is 1.85 bits per heavy atom. The van der Waals surface area contributed by atoms with Crippen molar-refractivity contribution in [3.8, 4) is 0 Å². The molecule has 1 aliphatic heterocycles. The Morgan fingerprint density at radius 1 is 1.19 bits per heavy atom. The maximum absolute atomic E-state index is 12.6. The summed E-state index contributed by atoms with van der Waals surface area (Å²) in [5.74, 6) is -1.28. The molecule has 1 saturated heterocycles. The molecule has 1 aliphatic rings. The second kappa shape index (κ2) is 9.53. The summed E-state index contributed by atoms with van der Waals surface area (Å²) in [5.41, 5.74) is 0.0406. The number of carbonyl (C=O) groups excluding carboxylic acids is 2. The molecule has 1 aromatic rings. The lowest BCUT2D eigenvalue weighted by atomic mass is 9.82. The standard InChI is InChI=1S/C21H30N2O4/c1-3-21(4-2,20(26)27)15-22-19(25)17-11-8-12-23(14-17)18(24)13-16-9-6-5-7-10-16/h5-7,9-10,17H,3-4,8,11-15H2,1-2H3,(H,22,25)(H,26,27). The first kappa shape index (κ1) is 20.9. The van der Waals surface area contributed by atoms with Gasteiger partial charge in [0.1, 0.15) is 0 Å². The number of benzene rings is 1. The number of hydrogen-bond acceptors (Lipinski definition) is 3. The Morgan fingerprint density at radius 3 is 2.44 bits per heavy atom. The normalized spacial score (nSPS) is 17.4. The summed E-state index contributed by atoms with van der Waals surface area (Å²) in [6.07, 6.45) is 2.77. The number of likely N-dealkylation sites (tertiary alicyclic amines) is 1. The third-order valence-corrected chi connectivity index (χ3v) is 5.75. The second-order valence-electron chi connectivity index (χ2n) is 7.35. The number of nitrogens with one attached hydrogen (secondary N) is 1. The second-order valence-corrected chi connectivity index (χ2v) is 7.35. The highest BCUT2D eigenvalue weighted by atomic mass is 16.4. The largest absolute Gasteiger partial charge is 0.481 e. The smallest absolute Gasteiger partial charge is 0.311 e. The van der Waals surface area contributed by atoms with Crippen molar-refractivity contribution in [2.24, 2.45) is 11.3 Å². The Hall–Kier alpha value is -2.37. The molecule has 2 rings (SSSR count). The SMILES string of the molecule is CCC(CC)(CNC(=O)C1CCCN(C(=O)Cc2ccccc2)C1)C(=O)O. The topological polar surface area (TPSA) is 86.7 Å². The van der Waals surface area contributed by atoms with Gasteiger partial charge in [-0.2, -0.15) is 0 Å². The van der Waals surface area contributed by atoms with Crippen LogP contribution in [0.25, 0.3) is 0 Å². The van der Waals surface area contributed by atoms with Crippen LogP contribution in [0.5, 0.6) is 0 Å². The first-order valence-corrected chi connectivity index (χ1v) is 9.74. The lowest BCUT2D eigenvalue weighted by Crippen LogP contribution is -2.49. The number of carbonyl (C=O) groups is 3. The molecule has 2 N–H and O–H groups in total. The van der Waals surface area contributed by atoms with Crippen LogP contribution in [0.2, 0.25) is 0 Å². The summed E-state index contributed by atoms with van der Waals surface area (Å²) < 4.78 is 0. The molecule has 6 nitrogen and oxygen atoms in total. The molecule has 0 spiro atoms. The number of aliphatic carboxylic acids is 1. The van der Waals surface area contributed by atoms with E-state index in [1.807, 2.05) is 44.2 Å². The maximum Gasteiger partial charge on any atom is 0.311 e. The molecule has 148 valence electrons. The fraction of sp³-hybridized carbons (Fsp3) is 0.571. The lowest BCUT2D eigenvalue weighted by molar-refractivity contribution is -0.149. The van der Waals surface area contributed by atoms with Crippen LogP contribution in [-0.2, 0) is 20.8 Å². The van der Waals surface area contributed by atoms with Gasteiger partial charge in [0.05, 0.1) is 17.8 Å². The number of carboxylic acid groups (broad SMARTS) is 1. The Balaban J connectivity index is 1.92. The highest BCUT2D eigenvalue weighted by Crippen LogP contribution is 2.26. The van der Waals surface area contributed by atoms with Gasteiger partial charge in [0.15, 0.2) is 0 Å². The zero-order valence-electron chi connectivity index (χ0n) is 16.2. The molecule has 1 heterocycles. The molecule has 1 fully saturated rings. The van der Waals surface area contributed by atoms with Gasteiger partial charge in [-0.25, -0.2) is 0 Å². The van der Waals surface area contributed by atoms with Crippen molar-refractivity contribution in [2.75, 3.05) is 19.6 Å². The Labute approximate surface area is 160 Å². The van der Waals surface area contributed by atoms with Crippen LogP contribution in [0.4, 0.5) is 0 Å². The molecule has 0 aliphatic carbocycles. The molecule has 27 heavy (non-hydrogen) atoms. The number of rotatable bonds is 8. The van der Waals surface area contributed by atoms with Gasteiger partial charge in [-0.15, -0.1) is 0 Å². The molecule has 6 heteroatoms. The molecule has 0 saturated carbocycles. The molecule has 0 aromatic heterocycles. The highest BCUT2D eigenvalue weighted by Gasteiger charge is 2.36. The van der Waals surface area contributed by atoms with Crippen molar-refractivity contribution in [1.29, 1.82) is 0 Å². The van der Waals surface area contributed by atoms with Crippen LogP contribution >= 0.6 is 0 Å². The minimum absolute atomic E-state index is 0.0284. The summed E-state index contributed by atoms with van der Waals surface area (Å²) in [6.45, 7) is 4.85. The van der Waals surface area contributed by atoms with Crippen molar-refractivity contribution in [3.63, 3.8) is 0 Å². The van der Waals surface area contributed by atoms with Crippen molar-refractivity contribution >= 4 is 17.8 Å². The van der Waals surface area contributed by atoms with Crippen LogP contribution < -0.4 is 5.32 Å². The van der Waals surface area contributed by atoms with Crippen LogP contribution in [0.1, 0.15) is 45.1 Å². The molecule has 0 bridgehead atoms. The van der Waals surface area contributed by atoms with Gasteiger partial charge < -0.3 is 15.3 Å². The van der Waals surface area contributed by atoms with E-state index >= 15 is 0 Å². The minimum Gasteiger partial charge on any atom is -0.481 e. The van der Waals surface area contributed by atoms with Crippen LogP contribution in [0.15, 0.2) is 30.3 Å². The third kappa shape index (κ3) is 5.31. The molecule has 1 atom stereocenters. The number of carboxylic acids is 1. The van der Waals surface area contributed by atoms with Crippen LogP contribution in [0, 0.1) is 11.3 Å². The van der Waals surface area contributed by atoms with E-state index in [1.54, 1.807) is 4.90 Å². The van der Waals surface area contributed by atoms with Crippen molar-refractivity contribution in [1.82, 2.24) is 10.2 Å². The number of hydrogen-bond donors (Lipinski definition) is 2. The van der Waals surface area contributed by atoms with E-state index in [0.29, 0.717) is 32.4 Å². The average Bonchev–Trinajstić information content (AvgIpc) is 2.69.